The molecular formula is C52H34F6N4S. The maximum absolute atomic E-state index is 15.1. The summed E-state index contributed by atoms with van der Waals surface area (Å²) in [6.45, 7) is 0. The molecule has 63 heavy (non-hydrogen) atoms. The molecule has 0 unspecified atom stereocenters. The van der Waals surface area contributed by atoms with Gasteiger partial charge < -0.3 is 9.80 Å². The Morgan fingerprint density at radius 1 is 0.349 bits per heavy atom. The molecule has 0 bridgehead atoms. The number of rotatable bonds is 10. The van der Waals surface area contributed by atoms with Crippen LogP contribution in [-0.4, -0.2) is 9.97 Å². The van der Waals surface area contributed by atoms with E-state index in [1.165, 1.54) is 34.3 Å². The molecule has 0 N–H and O–H groups in total. The summed E-state index contributed by atoms with van der Waals surface area (Å²) in [4.78, 5) is 12.3. The summed E-state index contributed by atoms with van der Waals surface area (Å²) in [5.41, 5.74) is 4.13. The summed E-state index contributed by atoms with van der Waals surface area (Å²) < 4.78 is 90.8. The van der Waals surface area contributed by atoms with Crippen molar-refractivity contribution in [1.29, 1.82) is 0 Å². The van der Waals surface area contributed by atoms with Crippen LogP contribution in [0.4, 0.5) is 60.5 Å². The van der Waals surface area contributed by atoms with Gasteiger partial charge in [-0.1, -0.05) is 97.1 Å². The van der Waals surface area contributed by atoms with E-state index < -0.39 is 23.5 Å². The number of pyridine rings is 2. The lowest BCUT2D eigenvalue weighted by molar-refractivity contribution is -0.137. The predicted molar refractivity (Wildman–Crippen MR) is 241 cm³/mol. The van der Waals surface area contributed by atoms with Crippen LogP contribution < -0.4 is 9.80 Å². The number of hydrogen-bond acceptors (Lipinski definition) is 5. The molecule has 0 aliphatic heterocycles. The molecule has 310 valence electrons. The molecule has 0 saturated carbocycles. The van der Waals surface area contributed by atoms with Gasteiger partial charge in [0.05, 0.1) is 46.3 Å². The minimum Gasteiger partial charge on any atom is -0.308 e. The Morgan fingerprint density at radius 3 is 1.06 bits per heavy atom. The second-order valence-corrected chi connectivity index (χ2v) is 15.6. The monoisotopic (exact) mass is 860 g/mol. The number of hydrogen-bond donors (Lipinski definition) is 0. The van der Waals surface area contributed by atoms with E-state index in [1.807, 2.05) is 84.9 Å². The minimum atomic E-state index is -4.77. The molecule has 0 spiro atoms. The zero-order valence-electron chi connectivity index (χ0n) is 33.1. The molecule has 0 fully saturated rings. The first-order chi connectivity index (χ1) is 30.5. The van der Waals surface area contributed by atoms with Crippen molar-refractivity contribution in [2.75, 3.05) is 9.80 Å². The molecule has 11 heteroatoms. The molecule has 0 aliphatic carbocycles. The van der Waals surface area contributed by atoms with E-state index in [1.54, 1.807) is 85.2 Å². The Balaban J connectivity index is 1.08. The predicted octanol–water partition coefficient (Wildman–Crippen LogP) is 16.2. The smallest absolute Gasteiger partial charge is 0.308 e. The van der Waals surface area contributed by atoms with E-state index in [-0.39, 0.29) is 22.5 Å². The summed E-state index contributed by atoms with van der Waals surface area (Å²) in [6.07, 6.45) is -3.43. The fourth-order valence-corrected chi connectivity index (χ4v) is 8.56. The van der Waals surface area contributed by atoms with Gasteiger partial charge in [-0.05, 0) is 118 Å². The van der Waals surface area contributed by atoms with Crippen molar-refractivity contribution in [3.63, 3.8) is 0 Å². The van der Waals surface area contributed by atoms with E-state index in [4.69, 9.17) is 0 Å². The first kappa shape index (κ1) is 40.9. The van der Waals surface area contributed by atoms with E-state index >= 15 is 26.3 Å². The van der Waals surface area contributed by atoms with Gasteiger partial charge in [-0.2, -0.15) is 26.3 Å². The molecule has 4 nitrogen and oxygen atoms in total. The van der Waals surface area contributed by atoms with E-state index in [0.717, 1.165) is 45.7 Å². The van der Waals surface area contributed by atoms with Crippen molar-refractivity contribution in [3.8, 4) is 43.1 Å². The fraction of sp³-hybridized carbons (Fsp3) is 0.0385. The Kier molecular flexibility index (Phi) is 11.1. The standard InChI is InChI=1S/C52H34F6N4S/c53-51(54,55)45-31-39(19-25-47(45)61(43-13-7-29-59-33-43)41-21-15-37(16-22-41)35-9-3-1-4-10-35)49-27-28-50(63-49)40-20-26-48(46(32-40)52(56,57)58)62(44-14-8-30-60-34-44)42-23-17-38(18-24-42)36-11-5-2-6-12-36/h1-34H. The molecular weight excluding hydrogens is 827 g/mol. The Hall–Kier alpha value is -7.50. The summed E-state index contributed by atoms with van der Waals surface area (Å²) in [7, 11) is 0. The van der Waals surface area contributed by atoms with Crippen LogP contribution in [0.5, 0.6) is 0 Å². The van der Waals surface area contributed by atoms with Gasteiger partial charge in [-0.25, -0.2) is 0 Å². The van der Waals surface area contributed by atoms with E-state index in [9.17, 15) is 0 Å². The molecule has 3 heterocycles. The maximum atomic E-state index is 15.1. The Labute approximate surface area is 363 Å². The van der Waals surface area contributed by atoms with Gasteiger partial charge in [0.2, 0.25) is 0 Å². The number of nitrogens with zero attached hydrogens (tertiary/aromatic N) is 4. The third-order valence-electron chi connectivity index (χ3n) is 10.5. The van der Waals surface area contributed by atoms with Crippen molar-refractivity contribution < 1.29 is 26.3 Å². The topological polar surface area (TPSA) is 32.3 Å². The van der Waals surface area contributed by atoms with Gasteiger partial charge in [-0.3, -0.25) is 9.97 Å². The minimum absolute atomic E-state index is 0.109. The number of benzene rings is 6. The molecule has 9 rings (SSSR count). The number of anilines is 6. The van der Waals surface area contributed by atoms with E-state index in [0.29, 0.717) is 32.5 Å². The van der Waals surface area contributed by atoms with Crippen LogP contribution in [0.3, 0.4) is 0 Å². The quantitative estimate of drug-likeness (QED) is 0.128. The van der Waals surface area contributed by atoms with Crippen molar-refractivity contribution in [1.82, 2.24) is 9.97 Å². The highest BCUT2D eigenvalue weighted by atomic mass is 32.1. The van der Waals surface area contributed by atoms with Crippen LogP contribution in [0.2, 0.25) is 0 Å². The highest BCUT2D eigenvalue weighted by Gasteiger charge is 2.38. The van der Waals surface area contributed by atoms with Crippen LogP contribution in [0.25, 0.3) is 43.1 Å². The maximum Gasteiger partial charge on any atom is 0.418 e. The zero-order valence-corrected chi connectivity index (χ0v) is 33.9. The first-order valence-corrected chi connectivity index (χ1v) is 20.6. The summed E-state index contributed by atoms with van der Waals surface area (Å²) in [5, 5.41) is 0. The van der Waals surface area contributed by atoms with Gasteiger partial charge in [0.25, 0.3) is 0 Å². The molecule has 0 atom stereocenters. The highest BCUT2D eigenvalue weighted by molar-refractivity contribution is 7.18. The Bertz CT molecular complexity index is 2760. The van der Waals surface area contributed by atoms with Crippen LogP contribution in [-0.2, 0) is 12.4 Å². The largest absolute Gasteiger partial charge is 0.418 e. The molecule has 0 aliphatic rings. The highest BCUT2D eigenvalue weighted by Crippen LogP contribution is 2.48. The SMILES string of the molecule is FC(F)(F)c1cc(-c2ccc(-c3ccc(N(c4ccc(-c5ccccc5)cc4)c4cccnc4)c(C(F)(F)F)c3)s2)ccc1N(c1ccc(-c2ccccc2)cc1)c1cccnc1. The number of thiophene rings is 1. The molecule has 0 saturated heterocycles. The molecule has 6 aromatic carbocycles. The molecule has 0 radical (unpaired) electrons. The second-order valence-electron chi connectivity index (χ2n) is 14.5. The van der Waals surface area contributed by atoms with Gasteiger partial charge in [0, 0.05) is 33.5 Å². The number of halogens is 6. The first-order valence-electron chi connectivity index (χ1n) is 19.8. The van der Waals surface area contributed by atoms with Crippen molar-refractivity contribution in [3.05, 3.63) is 218 Å². The summed E-state index contributed by atoms with van der Waals surface area (Å²) in [6, 6.07) is 52.0. The van der Waals surface area contributed by atoms with E-state index in [2.05, 4.69) is 9.97 Å². The van der Waals surface area contributed by atoms with Crippen LogP contribution in [0, 0.1) is 0 Å². The number of alkyl halides is 6. The van der Waals surface area contributed by atoms with Crippen molar-refractivity contribution in [2.24, 2.45) is 0 Å². The lowest BCUT2D eigenvalue weighted by Crippen LogP contribution is -2.17. The van der Waals surface area contributed by atoms with Crippen LogP contribution >= 0.6 is 11.3 Å². The fourth-order valence-electron chi connectivity index (χ4n) is 7.56. The van der Waals surface area contributed by atoms with Crippen molar-refractivity contribution in [2.45, 2.75) is 12.4 Å². The summed E-state index contributed by atoms with van der Waals surface area (Å²) >= 11 is 1.11. The lowest BCUT2D eigenvalue weighted by atomic mass is 10.0. The molecule has 0 amide bonds. The van der Waals surface area contributed by atoms with Gasteiger partial charge >= 0.3 is 12.4 Å². The number of aromatic nitrogens is 2. The van der Waals surface area contributed by atoms with Crippen LogP contribution in [0.1, 0.15) is 11.1 Å². The Morgan fingerprint density at radius 2 is 0.714 bits per heavy atom. The zero-order chi connectivity index (χ0) is 43.6. The normalized spacial score (nSPS) is 11.7. The van der Waals surface area contributed by atoms with Gasteiger partial charge in [0.15, 0.2) is 0 Å². The van der Waals surface area contributed by atoms with Crippen molar-refractivity contribution >= 4 is 45.5 Å². The average Bonchev–Trinajstić information content (AvgIpc) is 3.81. The molecule has 9 aromatic rings. The third-order valence-corrected chi connectivity index (χ3v) is 11.7. The second kappa shape index (κ2) is 17.1. The molecule has 3 aromatic heterocycles. The van der Waals surface area contributed by atoms with Gasteiger partial charge in [-0.15, -0.1) is 11.3 Å². The lowest BCUT2D eigenvalue weighted by Gasteiger charge is -2.28. The third kappa shape index (κ3) is 8.69. The van der Waals surface area contributed by atoms with Crippen LogP contribution in [0.15, 0.2) is 207 Å². The summed E-state index contributed by atoms with van der Waals surface area (Å²) in [5.74, 6) is 0. The van der Waals surface area contributed by atoms with Gasteiger partial charge in [0.1, 0.15) is 0 Å². The average molecular weight is 861 g/mol.